The Balaban J connectivity index is 1.82. The van der Waals surface area contributed by atoms with Crippen LogP contribution in [0.25, 0.3) is 0 Å². The fourth-order valence-corrected chi connectivity index (χ4v) is 3.63. The minimum absolute atomic E-state index is 0.483. The van der Waals surface area contributed by atoms with Gasteiger partial charge in [0.15, 0.2) is 0 Å². The van der Waals surface area contributed by atoms with Gasteiger partial charge in [-0.1, -0.05) is 12.8 Å². The average Bonchev–Trinajstić information content (AvgIpc) is 2.91. The second-order valence-corrected chi connectivity index (χ2v) is 5.98. The van der Waals surface area contributed by atoms with Crippen LogP contribution in [0.15, 0.2) is 0 Å². The van der Waals surface area contributed by atoms with Gasteiger partial charge < -0.3 is 15.4 Å². The molecule has 1 aliphatic carbocycles. The second-order valence-electron chi connectivity index (χ2n) is 5.98. The molecule has 3 nitrogen and oxygen atoms in total. The zero-order chi connectivity index (χ0) is 12.8. The molecule has 1 heterocycles. The van der Waals surface area contributed by atoms with E-state index in [0.717, 1.165) is 25.2 Å². The van der Waals surface area contributed by atoms with Crippen molar-refractivity contribution in [3.05, 3.63) is 0 Å². The molecule has 1 aliphatic heterocycles. The van der Waals surface area contributed by atoms with E-state index in [2.05, 4.69) is 24.5 Å². The molecule has 0 aromatic rings. The van der Waals surface area contributed by atoms with Gasteiger partial charge in [-0.3, -0.25) is 0 Å². The summed E-state index contributed by atoms with van der Waals surface area (Å²) in [5.74, 6) is 0.838. The molecular formula is C15H30N2O. The Hall–Kier alpha value is -0.120. The van der Waals surface area contributed by atoms with Crippen molar-refractivity contribution in [2.75, 3.05) is 19.8 Å². The van der Waals surface area contributed by atoms with E-state index in [9.17, 15) is 0 Å². The Labute approximate surface area is 112 Å². The fraction of sp³-hybridized carbons (Fsp3) is 1.00. The molecule has 3 heteroatoms. The van der Waals surface area contributed by atoms with Crippen LogP contribution in [0.3, 0.4) is 0 Å². The van der Waals surface area contributed by atoms with Crippen molar-refractivity contribution >= 4 is 0 Å². The first kappa shape index (κ1) is 14.3. The van der Waals surface area contributed by atoms with Crippen molar-refractivity contribution in [1.82, 2.24) is 10.6 Å². The smallest absolute Gasteiger partial charge is 0.0616 e. The minimum atomic E-state index is 0.483. The van der Waals surface area contributed by atoms with Crippen LogP contribution in [0.1, 0.15) is 52.4 Å². The van der Waals surface area contributed by atoms with Gasteiger partial charge in [0.05, 0.1) is 6.61 Å². The Kier molecular flexibility index (Phi) is 5.93. The SMILES string of the molecule is CCOCC(C)NC1CCCCC1C1CCCN1. The van der Waals surface area contributed by atoms with Crippen LogP contribution in [0.5, 0.6) is 0 Å². The summed E-state index contributed by atoms with van der Waals surface area (Å²) >= 11 is 0. The molecule has 1 saturated carbocycles. The van der Waals surface area contributed by atoms with Crippen LogP contribution in [0, 0.1) is 5.92 Å². The fourth-order valence-electron chi connectivity index (χ4n) is 3.63. The first-order chi connectivity index (χ1) is 8.81. The standard InChI is InChI=1S/C15H30N2O/c1-3-18-11-12(2)17-15-8-5-4-7-13(15)14-9-6-10-16-14/h12-17H,3-11H2,1-2H3. The lowest BCUT2D eigenvalue weighted by Gasteiger charge is -2.38. The number of nitrogens with one attached hydrogen (secondary N) is 2. The molecule has 18 heavy (non-hydrogen) atoms. The highest BCUT2D eigenvalue weighted by Crippen LogP contribution is 2.30. The van der Waals surface area contributed by atoms with Gasteiger partial charge in [0, 0.05) is 24.7 Å². The van der Waals surface area contributed by atoms with E-state index in [1.165, 1.54) is 45.1 Å². The summed E-state index contributed by atoms with van der Waals surface area (Å²) in [5.41, 5.74) is 0. The van der Waals surface area contributed by atoms with Crippen LogP contribution in [0.4, 0.5) is 0 Å². The first-order valence-corrected chi connectivity index (χ1v) is 7.88. The zero-order valence-corrected chi connectivity index (χ0v) is 12.1. The molecule has 106 valence electrons. The monoisotopic (exact) mass is 254 g/mol. The predicted octanol–water partition coefficient (Wildman–Crippen LogP) is 2.31. The Morgan fingerprint density at radius 3 is 2.78 bits per heavy atom. The maximum Gasteiger partial charge on any atom is 0.0616 e. The van der Waals surface area contributed by atoms with E-state index in [1.807, 2.05) is 0 Å². The summed E-state index contributed by atoms with van der Waals surface area (Å²) < 4.78 is 5.52. The van der Waals surface area contributed by atoms with Gasteiger partial charge in [0.2, 0.25) is 0 Å². The molecule has 0 spiro atoms. The quantitative estimate of drug-likeness (QED) is 0.763. The van der Waals surface area contributed by atoms with Crippen molar-refractivity contribution in [2.24, 2.45) is 5.92 Å². The van der Waals surface area contributed by atoms with Gasteiger partial charge in [-0.05, 0) is 52.0 Å². The number of ether oxygens (including phenoxy) is 1. The molecule has 0 aromatic heterocycles. The van der Waals surface area contributed by atoms with Crippen LogP contribution in [-0.2, 0) is 4.74 Å². The van der Waals surface area contributed by atoms with Crippen LogP contribution >= 0.6 is 0 Å². The van der Waals surface area contributed by atoms with Crippen molar-refractivity contribution in [2.45, 2.75) is 70.5 Å². The third-order valence-electron chi connectivity index (χ3n) is 4.51. The van der Waals surface area contributed by atoms with E-state index in [0.29, 0.717) is 12.1 Å². The number of hydrogen-bond acceptors (Lipinski definition) is 3. The average molecular weight is 254 g/mol. The largest absolute Gasteiger partial charge is 0.380 e. The van der Waals surface area contributed by atoms with Crippen molar-refractivity contribution in [3.63, 3.8) is 0 Å². The summed E-state index contributed by atoms with van der Waals surface area (Å²) in [5, 5.41) is 7.52. The minimum Gasteiger partial charge on any atom is -0.380 e. The lowest BCUT2D eigenvalue weighted by molar-refractivity contribution is 0.110. The zero-order valence-electron chi connectivity index (χ0n) is 12.1. The normalized spacial score (nSPS) is 34.7. The summed E-state index contributed by atoms with van der Waals surface area (Å²) in [6.45, 7) is 7.21. The second kappa shape index (κ2) is 7.46. The van der Waals surface area contributed by atoms with E-state index in [4.69, 9.17) is 4.74 Å². The van der Waals surface area contributed by atoms with Gasteiger partial charge in [-0.25, -0.2) is 0 Å². The van der Waals surface area contributed by atoms with E-state index >= 15 is 0 Å². The van der Waals surface area contributed by atoms with Crippen LogP contribution in [-0.4, -0.2) is 37.9 Å². The molecule has 2 aliphatic rings. The van der Waals surface area contributed by atoms with Crippen LogP contribution < -0.4 is 10.6 Å². The van der Waals surface area contributed by atoms with E-state index in [1.54, 1.807) is 0 Å². The molecule has 0 amide bonds. The molecule has 2 N–H and O–H groups in total. The molecule has 0 aromatic carbocycles. The van der Waals surface area contributed by atoms with Crippen molar-refractivity contribution < 1.29 is 4.74 Å². The molecule has 4 unspecified atom stereocenters. The summed E-state index contributed by atoms with van der Waals surface area (Å²) in [7, 11) is 0. The first-order valence-electron chi connectivity index (χ1n) is 7.88. The summed E-state index contributed by atoms with van der Waals surface area (Å²) in [6.07, 6.45) is 8.30. The lowest BCUT2D eigenvalue weighted by Crippen LogP contribution is -2.50. The predicted molar refractivity (Wildman–Crippen MR) is 75.9 cm³/mol. The maximum absolute atomic E-state index is 5.52. The lowest BCUT2D eigenvalue weighted by atomic mass is 9.79. The third kappa shape index (κ3) is 3.94. The summed E-state index contributed by atoms with van der Waals surface area (Å²) in [6, 6.07) is 1.95. The van der Waals surface area contributed by atoms with Gasteiger partial charge in [-0.15, -0.1) is 0 Å². The van der Waals surface area contributed by atoms with Crippen LogP contribution in [0.2, 0.25) is 0 Å². The highest BCUT2D eigenvalue weighted by atomic mass is 16.5. The van der Waals surface area contributed by atoms with Crippen molar-refractivity contribution in [1.29, 1.82) is 0 Å². The maximum atomic E-state index is 5.52. The van der Waals surface area contributed by atoms with Crippen molar-refractivity contribution in [3.8, 4) is 0 Å². The third-order valence-corrected chi connectivity index (χ3v) is 4.51. The molecule has 2 fully saturated rings. The molecule has 0 bridgehead atoms. The van der Waals surface area contributed by atoms with Gasteiger partial charge >= 0.3 is 0 Å². The molecule has 1 saturated heterocycles. The Bertz CT molecular complexity index is 229. The number of rotatable bonds is 6. The number of hydrogen-bond donors (Lipinski definition) is 2. The van der Waals surface area contributed by atoms with Gasteiger partial charge in [-0.2, -0.15) is 0 Å². The molecule has 0 radical (unpaired) electrons. The highest BCUT2D eigenvalue weighted by molar-refractivity contribution is 4.92. The Morgan fingerprint density at radius 1 is 1.22 bits per heavy atom. The molecule has 4 atom stereocenters. The highest BCUT2D eigenvalue weighted by Gasteiger charge is 2.33. The molecule has 2 rings (SSSR count). The summed E-state index contributed by atoms with van der Waals surface area (Å²) in [4.78, 5) is 0. The topological polar surface area (TPSA) is 33.3 Å². The van der Waals surface area contributed by atoms with Gasteiger partial charge in [0.1, 0.15) is 0 Å². The van der Waals surface area contributed by atoms with E-state index in [-0.39, 0.29) is 0 Å². The Morgan fingerprint density at radius 2 is 2.06 bits per heavy atom. The molecular weight excluding hydrogens is 224 g/mol. The van der Waals surface area contributed by atoms with E-state index < -0.39 is 0 Å². The van der Waals surface area contributed by atoms with Gasteiger partial charge in [0.25, 0.3) is 0 Å².